The molecule has 0 radical (unpaired) electrons. The van der Waals surface area contributed by atoms with E-state index in [2.05, 4.69) is 9.97 Å². The maximum Gasteiger partial charge on any atom is 0.275 e. The van der Waals surface area contributed by atoms with Gasteiger partial charge in [-0.15, -0.1) is 0 Å². The Morgan fingerprint density at radius 3 is 2.29 bits per heavy atom. The molecule has 5 heteroatoms. The highest BCUT2D eigenvalue weighted by Gasteiger charge is 2.19. The number of carbonyl (C=O) groups is 1. The largest absolute Gasteiger partial charge is 0.382 e. The predicted molar refractivity (Wildman–Crippen MR) is 65.7 cm³/mol. The van der Waals surface area contributed by atoms with Crippen molar-refractivity contribution in [1.29, 1.82) is 0 Å². The molecule has 1 heterocycles. The van der Waals surface area contributed by atoms with Crippen LogP contribution in [0.25, 0.3) is 0 Å². The second-order valence-electron chi connectivity index (χ2n) is 4.61. The summed E-state index contributed by atoms with van der Waals surface area (Å²) in [6, 6.07) is 0. The Morgan fingerprint density at radius 2 is 1.71 bits per heavy atom. The summed E-state index contributed by atoms with van der Waals surface area (Å²) in [5, 5.41) is 0. The van der Waals surface area contributed by atoms with Crippen molar-refractivity contribution >= 4 is 11.7 Å². The molecule has 5 nitrogen and oxygen atoms in total. The highest BCUT2D eigenvalue weighted by atomic mass is 16.2. The van der Waals surface area contributed by atoms with Crippen LogP contribution in [0.3, 0.4) is 0 Å². The number of amides is 1. The standard InChI is InChI=1S/C12H18N4O/c1-16(2)12(17)10-11(13)15-9-7-5-3-4-6-8(9)14-10/h3-7H2,1-2H3,(H2,13,15). The molecule has 0 saturated carbocycles. The zero-order valence-corrected chi connectivity index (χ0v) is 10.4. The van der Waals surface area contributed by atoms with Gasteiger partial charge in [-0.2, -0.15) is 0 Å². The highest BCUT2D eigenvalue weighted by Crippen LogP contribution is 2.20. The van der Waals surface area contributed by atoms with Crippen LogP contribution in [0.2, 0.25) is 0 Å². The number of fused-ring (bicyclic) bond motifs is 1. The van der Waals surface area contributed by atoms with Crippen LogP contribution in [-0.4, -0.2) is 34.9 Å². The van der Waals surface area contributed by atoms with Crippen molar-refractivity contribution in [3.05, 3.63) is 17.1 Å². The number of nitrogens with zero attached hydrogens (tertiary/aromatic N) is 3. The number of carbonyl (C=O) groups excluding carboxylic acids is 1. The van der Waals surface area contributed by atoms with Gasteiger partial charge in [0.2, 0.25) is 0 Å². The van der Waals surface area contributed by atoms with Gasteiger partial charge in [0.1, 0.15) is 0 Å². The van der Waals surface area contributed by atoms with Gasteiger partial charge in [0.15, 0.2) is 11.5 Å². The lowest BCUT2D eigenvalue weighted by atomic mass is 10.2. The van der Waals surface area contributed by atoms with E-state index in [-0.39, 0.29) is 17.4 Å². The minimum absolute atomic E-state index is 0.179. The van der Waals surface area contributed by atoms with Crippen molar-refractivity contribution < 1.29 is 4.79 Å². The van der Waals surface area contributed by atoms with E-state index < -0.39 is 0 Å². The number of anilines is 1. The number of hydrogen-bond donors (Lipinski definition) is 1. The van der Waals surface area contributed by atoms with Crippen LogP contribution < -0.4 is 5.73 Å². The highest BCUT2D eigenvalue weighted by molar-refractivity contribution is 5.96. The Balaban J connectivity index is 2.42. The van der Waals surface area contributed by atoms with Gasteiger partial charge in [0, 0.05) is 14.1 Å². The van der Waals surface area contributed by atoms with Gasteiger partial charge in [0.25, 0.3) is 5.91 Å². The molecule has 2 N–H and O–H groups in total. The fourth-order valence-corrected chi connectivity index (χ4v) is 2.05. The second kappa shape index (κ2) is 4.69. The van der Waals surface area contributed by atoms with Crippen LogP contribution in [0.1, 0.15) is 41.1 Å². The van der Waals surface area contributed by atoms with Crippen molar-refractivity contribution in [3.63, 3.8) is 0 Å². The summed E-state index contributed by atoms with van der Waals surface area (Å²) in [5.74, 6) is 0.0754. The van der Waals surface area contributed by atoms with E-state index in [1.54, 1.807) is 14.1 Å². The molecular weight excluding hydrogens is 216 g/mol. The van der Waals surface area contributed by atoms with Gasteiger partial charge in [0.05, 0.1) is 11.4 Å². The number of nitrogen functional groups attached to an aromatic ring is 1. The third kappa shape index (κ3) is 2.38. The summed E-state index contributed by atoms with van der Waals surface area (Å²) in [7, 11) is 3.38. The lowest BCUT2D eigenvalue weighted by Gasteiger charge is -2.13. The minimum Gasteiger partial charge on any atom is -0.382 e. The molecule has 0 unspecified atom stereocenters. The molecule has 0 aromatic carbocycles. The van der Waals surface area contributed by atoms with Gasteiger partial charge in [-0.25, -0.2) is 9.97 Å². The van der Waals surface area contributed by atoms with Crippen LogP contribution in [0, 0.1) is 0 Å². The Hall–Kier alpha value is -1.65. The molecular formula is C12H18N4O. The quantitative estimate of drug-likeness (QED) is 0.737. The number of aryl methyl sites for hydroxylation is 2. The van der Waals surface area contributed by atoms with Crippen molar-refractivity contribution in [2.45, 2.75) is 32.1 Å². The first-order valence-corrected chi connectivity index (χ1v) is 5.96. The molecule has 0 aliphatic heterocycles. The SMILES string of the molecule is CN(C)C(=O)c1nc2c(nc1N)CCCCC2. The number of aromatic nitrogens is 2. The van der Waals surface area contributed by atoms with Crippen LogP contribution in [0.4, 0.5) is 5.82 Å². The average Bonchev–Trinajstić information content (AvgIpc) is 2.51. The molecule has 92 valence electrons. The topological polar surface area (TPSA) is 72.1 Å². The van der Waals surface area contributed by atoms with E-state index in [1.807, 2.05) is 0 Å². The molecule has 1 amide bonds. The lowest BCUT2D eigenvalue weighted by Crippen LogP contribution is -2.25. The summed E-state index contributed by atoms with van der Waals surface area (Å²) in [5.41, 5.74) is 8.01. The van der Waals surface area contributed by atoms with Crippen molar-refractivity contribution in [1.82, 2.24) is 14.9 Å². The molecule has 0 bridgehead atoms. The Labute approximate surface area is 101 Å². The maximum absolute atomic E-state index is 11.9. The van der Waals surface area contributed by atoms with Gasteiger partial charge in [-0.1, -0.05) is 6.42 Å². The number of rotatable bonds is 1. The van der Waals surface area contributed by atoms with E-state index >= 15 is 0 Å². The minimum atomic E-state index is -0.179. The number of hydrogen-bond acceptors (Lipinski definition) is 4. The van der Waals surface area contributed by atoms with E-state index in [0.717, 1.165) is 37.1 Å². The molecule has 0 spiro atoms. The molecule has 1 aromatic rings. The fourth-order valence-electron chi connectivity index (χ4n) is 2.05. The van der Waals surface area contributed by atoms with Crippen molar-refractivity contribution in [2.24, 2.45) is 0 Å². The zero-order chi connectivity index (χ0) is 12.4. The molecule has 1 aliphatic rings. The van der Waals surface area contributed by atoms with Crippen LogP contribution in [0.15, 0.2) is 0 Å². The van der Waals surface area contributed by atoms with Gasteiger partial charge < -0.3 is 10.6 Å². The first-order valence-electron chi connectivity index (χ1n) is 5.96. The van der Waals surface area contributed by atoms with E-state index in [4.69, 9.17) is 5.73 Å². The predicted octanol–water partition coefficient (Wildman–Crippen LogP) is 1.03. The summed E-state index contributed by atoms with van der Waals surface area (Å²) in [6.07, 6.45) is 5.25. The fraction of sp³-hybridized carbons (Fsp3) is 0.583. The number of nitrogens with two attached hydrogens (primary N) is 1. The summed E-state index contributed by atoms with van der Waals surface area (Å²) in [4.78, 5) is 22.1. The zero-order valence-electron chi connectivity index (χ0n) is 10.4. The van der Waals surface area contributed by atoms with Gasteiger partial charge in [-0.3, -0.25) is 4.79 Å². The van der Waals surface area contributed by atoms with Crippen LogP contribution >= 0.6 is 0 Å². The van der Waals surface area contributed by atoms with E-state index in [9.17, 15) is 4.79 Å². The molecule has 2 rings (SSSR count). The third-order valence-electron chi connectivity index (χ3n) is 3.01. The van der Waals surface area contributed by atoms with Crippen LogP contribution in [-0.2, 0) is 12.8 Å². The Kier molecular flexibility index (Phi) is 3.26. The summed E-state index contributed by atoms with van der Waals surface area (Å²) in [6.45, 7) is 0. The van der Waals surface area contributed by atoms with E-state index in [0.29, 0.717) is 0 Å². The summed E-state index contributed by atoms with van der Waals surface area (Å²) < 4.78 is 0. The average molecular weight is 234 g/mol. The van der Waals surface area contributed by atoms with Crippen molar-refractivity contribution in [2.75, 3.05) is 19.8 Å². The summed E-state index contributed by atoms with van der Waals surface area (Å²) >= 11 is 0. The third-order valence-corrected chi connectivity index (χ3v) is 3.01. The smallest absolute Gasteiger partial charge is 0.275 e. The van der Waals surface area contributed by atoms with Crippen LogP contribution in [0.5, 0.6) is 0 Å². The second-order valence-corrected chi connectivity index (χ2v) is 4.61. The van der Waals surface area contributed by atoms with E-state index in [1.165, 1.54) is 11.3 Å². The first kappa shape index (κ1) is 11.8. The molecule has 0 saturated heterocycles. The van der Waals surface area contributed by atoms with Gasteiger partial charge >= 0.3 is 0 Å². The molecule has 0 fully saturated rings. The lowest BCUT2D eigenvalue weighted by molar-refractivity contribution is 0.0822. The van der Waals surface area contributed by atoms with Crippen molar-refractivity contribution in [3.8, 4) is 0 Å². The molecule has 17 heavy (non-hydrogen) atoms. The molecule has 0 atom stereocenters. The Bertz CT molecular complexity index is 442. The maximum atomic E-state index is 11.9. The normalized spacial score (nSPS) is 14.9. The first-order chi connectivity index (χ1) is 8.09. The molecule has 1 aromatic heterocycles. The Morgan fingerprint density at radius 1 is 1.12 bits per heavy atom. The molecule has 1 aliphatic carbocycles. The van der Waals surface area contributed by atoms with Gasteiger partial charge in [-0.05, 0) is 25.7 Å². The monoisotopic (exact) mass is 234 g/mol.